The molecule has 1 rings (SSSR count). The van der Waals surface area contributed by atoms with Crippen LogP contribution in [-0.2, 0) is 14.3 Å². The standard InChI is InChI=1S/C6H7NO4S.CH4O/c1-11-6(10)12-7-4(8)2-3-5(7)9;1-2/h2-3H2,1H3;2H,1H3. The predicted octanol–water partition coefficient (Wildman–Crippen LogP) is 0.158. The summed E-state index contributed by atoms with van der Waals surface area (Å²) in [6, 6.07) is 0. The number of ether oxygens (including phenoxy) is 1. The maximum Gasteiger partial charge on any atom is 0.388 e. The van der Waals surface area contributed by atoms with Crippen LogP contribution < -0.4 is 0 Å². The minimum absolute atomic E-state index is 0.183. The minimum Gasteiger partial charge on any atom is -0.460 e. The second kappa shape index (κ2) is 6.39. The number of aliphatic hydroxyl groups excluding tert-OH is 1. The number of imide groups is 1. The van der Waals surface area contributed by atoms with Crippen molar-refractivity contribution in [2.45, 2.75) is 12.8 Å². The van der Waals surface area contributed by atoms with Crippen LogP contribution in [0, 0.1) is 0 Å². The summed E-state index contributed by atoms with van der Waals surface area (Å²) >= 11 is 0.497. The molecule has 0 aromatic rings. The van der Waals surface area contributed by atoms with Gasteiger partial charge < -0.3 is 9.84 Å². The second-order valence-corrected chi connectivity index (χ2v) is 3.01. The van der Waals surface area contributed by atoms with E-state index in [2.05, 4.69) is 4.74 Å². The molecule has 0 saturated carbocycles. The highest BCUT2D eigenvalue weighted by Crippen LogP contribution is 2.22. The van der Waals surface area contributed by atoms with Gasteiger partial charge in [0, 0.05) is 20.0 Å². The van der Waals surface area contributed by atoms with E-state index in [1.807, 2.05) is 0 Å². The van der Waals surface area contributed by atoms with Crippen LogP contribution in [0.2, 0.25) is 0 Å². The van der Waals surface area contributed by atoms with Crippen molar-refractivity contribution in [1.29, 1.82) is 0 Å². The molecule has 0 atom stereocenters. The third-order valence-corrected chi connectivity index (χ3v) is 2.24. The topological polar surface area (TPSA) is 83.9 Å². The van der Waals surface area contributed by atoms with Crippen LogP contribution >= 0.6 is 11.9 Å². The monoisotopic (exact) mass is 221 g/mol. The highest BCUT2D eigenvalue weighted by Gasteiger charge is 2.32. The molecule has 0 spiro atoms. The van der Waals surface area contributed by atoms with E-state index >= 15 is 0 Å². The predicted molar refractivity (Wildman–Crippen MR) is 49.2 cm³/mol. The summed E-state index contributed by atoms with van der Waals surface area (Å²) in [5.74, 6) is -0.675. The summed E-state index contributed by atoms with van der Waals surface area (Å²) in [6.45, 7) is 0. The molecule has 1 heterocycles. The number of methoxy groups -OCH3 is 1. The summed E-state index contributed by atoms with van der Waals surface area (Å²) in [4.78, 5) is 32.5. The number of hydrogen-bond donors (Lipinski definition) is 1. The number of aliphatic hydroxyl groups is 1. The van der Waals surface area contributed by atoms with Gasteiger partial charge in [-0.15, -0.1) is 0 Å². The van der Waals surface area contributed by atoms with Crippen molar-refractivity contribution in [2.75, 3.05) is 14.2 Å². The van der Waals surface area contributed by atoms with Gasteiger partial charge in [0.05, 0.1) is 19.1 Å². The Labute approximate surface area is 85.3 Å². The van der Waals surface area contributed by atoms with Gasteiger partial charge in [0.15, 0.2) is 0 Å². The smallest absolute Gasteiger partial charge is 0.388 e. The third-order valence-electron chi connectivity index (χ3n) is 1.34. The summed E-state index contributed by atoms with van der Waals surface area (Å²) in [5.41, 5.74) is 0. The van der Waals surface area contributed by atoms with Gasteiger partial charge in [0.2, 0.25) is 11.8 Å². The summed E-state index contributed by atoms with van der Waals surface area (Å²) in [6.07, 6.45) is 0.367. The molecule has 0 aromatic heterocycles. The van der Waals surface area contributed by atoms with E-state index in [1.54, 1.807) is 0 Å². The fourth-order valence-corrected chi connectivity index (χ4v) is 1.38. The number of nitrogens with zero attached hydrogens (tertiary/aromatic N) is 1. The van der Waals surface area contributed by atoms with Crippen LogP contribution in [0.25, 0.3) is 0 Å². The Kier molecular flexibility index (Phi) is 5.89. The molecule has 0 unspecified atom stereocenters. The third kappa shape index (κ3) is 3.35. The molecule has 0 bridgehead atoms. The average molecular weight is 221 g/mol. The van der Waals surface area contributed by atoms with Gasteiger partial charge >= 0.3 is 5.30 Å². The largest absolute Gasteiger partial charge is 0.460 e. The van der Waals surface area contributed by atoms with Gasteiger partial charge in [0.1, 0.15) is 0 Å². The van der Waals surface area contributed by atoms with Gasteiger partial charge in [-0.25, -0.2) is 9.10 Å². The van der Waals surface area contributed by atoms with Crippen molar-refractivity contribution < 1.29 is 24.2 Å². The first kappa shape index (κ1) is 12.9. The lowest BCUT2D eigenvalue weighted by Gasteiger charge is -2.08. The number of carbonyl (C=O) groups is 3. The lowest BCUT2D eigenvalue weighted by atomic mass is 10.4. The Morgan fingerprint density at radius 3 is 2.14 bits per heavy atom. The van der Waals surface area contributed by atoms with Crippen molar-refractivity contribution >= 4 is 29.1 Å². The van der Waals surface area contributed by atoms with Crippen LogP contribution in [0.4, 0.5) is 4.79 Å². The van der Waals surface area contributed by atoms with Crippen molar-refractivity contribution in [1.82, 2.24) is 4.31 Å². The molecule has 6 nitrogen and oxygen atoms in total. The molecule has 7 heteroatoms. The highest BCUT2D eigenvalue weighted by molar-refractivity contribution is 8.12. The molecule has 2 amide bonds. The number of hydrogen-bond acceptors (Lipinski definition) is 6. The van der Waals surface area contributed by atoms with Crippen LogP contribution in [0.3, 0.4) is 0 Å². The first-order chi connectivity index (χ1) is 6.65. The van der Waals surface area contributed by atoms with E-state index in [9.17, 15) is 14.4 Å². The zero-order chi connectivity index (χ0) is 11.1. The van der Waals surface area contributed by atoms with Crippen LogP contribution in [0.1, 0.15) is 12.8 Å². The van der Waals surface area contributed by atoms with E-state index in [-0.39, 0.29) is 24.7 Å². The molecule has 0 aromatic carbocycles. The first-order valence-corrected chi connectivity index (χ1v) is 4.49. The van der Waals surface area contributed by atoms with Gasteiger partial charge in [0.25, 0.3) is 0 Å². The lowest BCUT2D eigenvalue weighted by Crippen LogP contribution is -2.23. The Morgan fingerprint density at radius 2 is 1.79 bits per heavy atom. The van der Waals surface area contributed by atoms with Crippen LogP contribution in [0.15, 0.2) is 0 Å². The van der Waals surface area contributed by atoms with Crippen LogP contribution in [-0.4, -0.2) is 40.7 Å². The summed E-state index contributed by atoms with van der Waals surface area (Å²) in [7, 11) is 2.19. The Morgan fingerprint density at radius 1 is 1.36 bits per heavy atom. The van der Waals surface area contributed by atoms with Crippen molar-refractivity contribution in [3.05, 3.63) is 0 Å². The maximum absolute atomic E-state index is 10.9. The Hall–Kier alpha value is -1.08. The molecule has 1 fully saturated rings. The first-order valence-electron chi connectivity index (χ1n) is 3.71. The van der Waals surface area contributed by atoms with E-state index < -0.39 is 5.30 Å². The average Bonchev–Trinajstić information content (AvgIpc) is 2.52. The molecular weight excluding hydrogens is 210 g/mol. The summed E-state index contributed by atoms with van der Waals surface area (Å²) < 4.78 is 5.13. The molecule has 14 heavy (non-hydrogen) atoms. The van der Waals surface area contributed by atoms with Crippen molar-refractivity contribution in [2.24, 2.45) is 0 Å². The minimum atomic E-state index is -0.654. The molecule has 1 aliphatic rings. The van der Waals surface area contributed by atoms with Crippen molar-refractivity contribution in [3.8, 4) is 0 Å². The summed E-state index contributed by atoms with van der Waals surface area (Å²) in [5, 5.41) is 6.35. The van der Waals surface area contributed by atoms with E-state index in [0.717, 1.165) is 11.4 Å². The normalized spacial score (nSPS) is 14.9. The molecule has 1 aliphatic heterocycles. The van der Waals surface area contributed by atoms with E-state index in [4.69, 9.17) is 5.11 Å². The van der Waals surface area contributed by atoms with Crippen LogP contribution in [0.5, 0.6) is 0 Å². The highest BCUT2D eigenvalue weighted by atomic mass is 32.2. The van der Waals surface area contributed by atoms with Gasteiger partial charge in [-0.3, -0.25) is 9.59 Å². The van der Waals surface area contributed by atoms with E-state index in [0.29, 0.717) is 11.9 Å². The number of amides is 2. The molecule has 0 radical (unpaired) electrons. The van der Waals surface area contributed by atoms with Gasteiger partial charge in [-0.2, -0.15) is 0 Å². The maximum atomic E-state index is 10.9. The van der Waals surface area contributed by atoms with Crippen molar-refractivity contribution in [3.63, 3.8) is 0 Å². The molecule has 1 saturated heterocycles. The zero-order valence-corrected chi connectivity index (χ0v) is 8.67. The quantitative estimate of drug-likeness (QED) is 0.385. The van der Waals surface area contributed by atoms with Gasteiger partial charge in [-0.1, -0.05) is 0 Å². The molecule has 1 N–H and O–H groups in total. The Bertz CT molecular complexity index is 226. The fraction of sp³-hybridized carbons (Fsp3) is 0.571. The number of rotatable bonds is 1. The molecule has 0 aliphatic carbocycles. The fourth-order valence-electron chi connectivity index (χ4n) is 0.770. The second-order valence-electron chi connectivity index (χ2n) is 2.13. The number of carbonyl (C=O) groups excluding carboxylic acids is 3. The molecule has 80 valence electrons. The SMILES string of the molecule is CO.COC(=O)SN1C(=O)CCC1=O. The Balaban J connectivity index is 0.000000791. The molecular formula is C7H11NO5S. The van der Waals surface area contributed by atoms with Gasteiger partial charge in [-0.05, 0) is 0 Å². The zero-order valence-electron chi connectivity index (χ0n) is 7.85. The van der Waals surface area contributed by atoms with E-state index in [1.165, 1.54) is 7.11 Å². The lowest BCUT2D eigenvalue weighted by molar-refractivity contribution is -0.131.